The van der Waals surface area contributed by atoms with E-state index in [4.69, 9.17) is 0 Å². The highest BCUT2D eigenvalue weighted by atomic mass is 16.3. The van der Waals surface area contributed by atoms with Gasteiger partial charge in [-0.15, -0.1) is 0 Å². The van der Waals surface area contributed by atoms with Crippen molar-refractivity contribution in [2.24, 2.45) is 10.8 Å². The molecule has 16 heavy (non-hydrogen) atoms. The summed E-state index contributed by atoms with van der Waals surface area (Å²) in [7, 11) is 0. The Hall–Kier alpha value is -0.0800. The lowest BCUT2D eigenvalue weighted by Crippen LogP contribution is -2.51. The normalized spacial score (nSPS) is 38.8. The molecule has 2 heteroatoms. The Morgan fingerprint density at radius 2 is 1.81 bits per heavy atom. The van der Waals surface area contributed by atoms with Gasteiger partial charge in [-0.1, -0.05) is 34.1 Å². The Morgan fingerprint density at radius 1 is 1.12 bits per heavy atom. The molecule has 1 aliphatic heterocycles. The third-order valence-corrected chi connectivity index (χ3v) is 4.66. The predicted molar refractivity (Wildman–Crippen MR) is 67.4 cm³/mol. The average Bonchev–Trinajstić information content (AvgIpc) is 2.51. The van der Waals surface area contributed by atoms with Crippen LogP contribution in [0.2, 0.25) is 0 Å². The molecule has 2 unspecified atom stereocenters. The molecule has 0 bridgehead atoms. The van der Waals surface area contributed by atoms with Crippen molar-refractivity contribution in [1.82, 2.24) is 4.90 Å². The summed E-state index contributed by atoms with van der Waals surface area (Å²) in [6, 6.07) is 0.408. The second-order valence-corrected chi connectivity index (χ2v) is 7.28. The maximum atomic E-state index is 10.5. The fourth-order valence-corrected chi connectivity index (χ4v) is 3.41. The van der Waals surface area contributed by atoms with Crippen LogP contribution in [-0.4, -0.2) is 35.2 Å². The minimum atomic E-state index is -0.143. The SMILES string of the molecule is CC1(C)CCN(C2CCCC(C)(C)C2O)C1. The highest BCUT2D eigenvalue weighted by molar-refractivity contribution is 4.96. The lowest BCUT2D eigenvalue weighted by molar-refractivity contribution is -0.0530. The topological polar surface area (TPSA) is 23.5 Å². The molecule has 2 rings (SSSR count). The van der Waals surface area contributed by atoms with E-state index in [1.165, 1.54) is 32.2 Å². The first-order valence-corrected chi connectivity index (χ1v) is 6.74. The van der Waals surface area contributed by atoms with Crippen LogP contribution in [0.1, 0.15) is 53.4 Å². The van der Waals surface area contributed by atoms with E-state index in [0.29, 0.717) is 11.5 Å². The van der Waals surface area contributed by atoms with E-state index >= 15 is 0 Å². The molecule has 1 saturated heterocycles. The van der Waals surface area contributed by atoms with Crippen LogP contribution >= 0.6 is 0 Å². The summed E-state index contributed by atoms with van der Waals surface area (Å²) in [6.45, 7) is 11.4. The van der Waals surface area contributed by atoms with Gasteiger partial charge >= 0.3 is 0 Å². The van der Waals surface area contributed by atoms with Gasteiger partial charge in [0.25, 0.3) is 0 Å². The zero-order valence-corrected chi connectivity index (χ0v) is 11.3. The highest BCUT2D eigenvalue weighted by Gasteiger charge is 2.43. The van der Waals surface area contributed by atoms with Crippen LogP contribution in [0.15, 0.2) is 0 Å². The van der Waals surface area contributed by atoms with Crippen molar-refractivity contribution in [3.05, 3.63) is 0 Å². The highest BCUT2D eigenvalue weighted by Crippen LogP contribution is 2.40. The Bertz CT molecular complexity index is 259. The van der Waals surface area contributed by atoms with E-state index in [2.05, 4.69) is 32.6 Å². The van der Waals surface area contributed by atoms with Crippen molar-refractivity contribution in [3.8, 4) is 0 Å². The van der Waals surface area contributed by atoms with Crippen LogP contribution < -0.4 is 0 Å². The van der Waals surface area contributed by atoms with E-state index in [1.54, 1.807) is 0 Å². The average molecular weight is 225 g/mol. The fraction of sp³-hybridized carbons (Fsp3) is 1.00. The number of hydrogen-bond acceptors (Lipinski definition) is 2. The van der Waals surface area contributed by atoms with Gasteiger partial charge < -0.3 is 5.11 Å². The Morgan fingerprint density at radius 3 is 2.38 bits per heavy atom. The van der Waals surface area contributed by atoms with Gasteiger partial charge in [0.2, 0.25) is 0 Å². The number of nitrogens with zero attached hydrogens (tertiary/aromatic N) is 1. The van der Waals surface area contributed by atoms with Crippen molar-refractivity contribution in [1.29, 1.82) is 0 Å². The van der Waals surface area contributed by atoms with E-state index in [0.717, 1.165) is 6.54 Å². The molecule has 0 aromatic rings. The largest absolute Gasteiger partial charge is 0.391 e. The van der Waals surface area contributed by atoms with Crippen LogP contribution in [0.5, 0.6) is 0 Å². The molecule has 1 saturated carbocycles. The molecule has 0 aromatic heterocycles. The summed E-state index contributed by atoms with van der Waals surface area (Å²) in [5.74, 6) is 0. The second-order valence-electron chi connectivity index (χ2n) is 7.28. The second kappa shape index (κ2) is 3.99. The maximum Gasteiger partial charge on any atom is 0.0746 e. The molecule has 0 amide bonds. The monoisotopic (exact) mass is 225 g/mol. The predicted octanol–water partition coefficient (Wildman–Crippen LogP) is 2.66. The molecular weight excluding hydrogens is 198 g/mol. The summed E-state index contributed by atoms with van der Waals surface area (Å²) in [5.41, 5.74) is 0.553. The van der Waals surface area contributed by atoms with Gasteiger partial charge in [0.15, 0.2) is 0 Å². The van der Waals surface area contributed by atoms with Gasteiger partial charge in [-0.3, -0.25) is 4.90 Å². The van der Waals surface area contributed by atoms with Gasteiger partial charge in [0.1, 0.15) is 0 Å². The van der Waals surface area contributed by atoms with E-state index in [9.17, 15) is 5.11 Å². The van der Waals surface area contributed by atoms with Crippen LogP contribution in [0.3, 0.4) is 0 Å². The number of aliphatic hydroxyl groups is 1. The number of aliphatic hydroxyl groups excluding tert-OH is 1. The van der Waals surface area contributed by atoms with Gasteiger partial charge in [-0.2, -0.15) is 0 Å². The van der Waals surface area contributed by atoms with Crippen LogP contribution in [0.25, 0.3) is 0 Å². The maximum absolute atomic E-state index is 10.5. The first kappa shape index (κ1) is 12.4. The zero-order valence-electron chi connectivity index (χ0n) is 11.3. The van der Waals surface area contributed by atoms with E-state index in [-0.39, 0.29) is 11.5 Å². The summed E-state index contributed by atoms with van der Waals surface area (Å²) in [5, 5.41) is 10.5. The van der Waals surface area contributed by atoms with Crippen molar-refractivity contribution in [2.75, 3.05) is 13.1 Å². The standard InChI is InChI=1S/C14H27NO/c1-13(2)8-9-15(10-13)11-6-5-7-14(3,4)12(11)16/h11-12,16H,5-10H2,1-4H3. The Labute approximate surface area is 100 Å². The fourth-order valence-electron chi connectivity index (χ4n) is 3.41. The number of rotatable bonds is 1. The van der Waals surface area contributed by atoms with Crippen molar-refractivity contribution < 1.29 is 5.11 Å². The molecule has 2 aliphatic rings. The van der Waals surface area contributed by atoms with Crippen molar-refractivity contribution in [3.63, 3.8) is 0 Å². The van der Waals surface area contributed by atoms with Crippen LogP contribution in [0.4, 0.5) is 0 Å². The molecule has 94 valence electrons. The number of likely N-dealkylation sites (tertiary alicyclic amines) is 1. The van der Waals surface area contributed by atoms with E-state index in [1.807, 2.05) is 0 Å². The molecular formula is C14H27NO. The van der Waals surface area contributed by atoms with E-state index < -0.39 is 0 Å². The van der Waals surface area contributed by atoms with Crippen LogP contribution in [0, 0.1) is 10.8 Å². The first-order valence-electron chi connectivity index (χ1n) is 6.74. The third-order valence-electron chi connectivity index (χ3n) is 4.66. The zero-order chi connectivity index (χ0) is 12.0. The molecule has 0 radical (unpaired) electrons. The minimum absolute atomic E-state index is 0.107. The molecule has 1 aliphatic carbocycles. The summed E-state index contributed by atoms with van der Waals surface area (Å²) in [4.78, 5) is 2.53. The molecule has 1 heterocycles. The minimum Gasteiger partial charge on any atom is -0.391 e. The summed E-state index contributed by atoms with van der Waals surface area (Å²) in [6.07, 6.45) is 4.75. The molecule has 2 atom stereocenters. The van der Waals surface area contributed by atoms with Gasteiger partial charge in [-0.05, 0) is 36.6 Å². The smallest absolute Gasteiger partial charge is 0.0746 e. The molecule has 2 fully saturated rings. The Balaban J connectivity index is 2.05. The third kappa shape index (κ3) is 2.28. The molecule has 0 aromatic carbocycles. The lowest BCUT2D eigenvalue weighted by atomic mass is 9.72. The van der Waals surface area contributed by atoms with Gasteiger partial charge in [0, 0.05) is 12.6 Å². The quantitative estimate of drug-likeness (QED) is 0.741. The van der Waals surface area contributed by atoms with Gasteiger partial charge in [0.05, 0.1) is 6.10 Å². The Kier molecular flexibility index (Phi) is 3.09. The summed E-state index contributed by atoms with van der Waals surface area (Å²) >= 11 is 0. The number of hydrogen-bond donors (Lipinski definition) is 1. The van der Waals surface area contributed by atoms with Crippen LogP contribution in [-0.2, 0) is 0 Å². The summed E-state index contributed by atoms with van der Waals surface area (Å²) < 4.78 is 0. The van der Waals surface area contributed by atoms with Crippen molar-refractivity contribution >= 4 is 0 Å². The molecule has 0 spiro atoms. The van der Waals surface area contributed by atoms with Gasteiger partial charge in [-0.25, -0.2) is 0 Å². The molecule has 1 N–H and O–H groups in total. The van der Waals surface area contributed by atoms with Crippen molar-refractivity contribution in [2.45, 2.75) is 65.5 Å². The molecule has 2 nitrogen and oxygen atoms in total. The lowest BCUT2D eigenvalue weighted by Gasteiger charge is -2.44. The first-order chi connectivity index (χ1) is 7.32.